The molecule has 1 aliphatic rings. The summed E-state index contributed by atoms with van der Waals surface area (Å²) in [4.78, 5) is 0.205. The number of benzene rings is 1. The van der Waals surface area contributed by atoms with E-state index in [0.29, 0.717) is 17.4 Å². The van der Waals surface area contributed by atoms with Crippen molar-refractivity contribution in [3.8, 4) is 5.75 Å². The molecule has 4 nitrogen and oxygen atoms in total. The lowest BCUT2D eigenvalue weighted by molar-refractivity contribution is 0.339. The summed E-state index contributed by atoms with van der Waals surface area (Å²) in [5.74, 6) is 0.403. The highest BCUT2D eigenvalue weighted by molar-refractivity contribution is 7.89. The lowest BCUT2D eigenvalue weighted by Gasteiger charge is -2.22. The first-order chi connectivity index (χ1) is 9.53. The zero-order chi connectivity index (χ0) is 14.6. The fourth-order valence-corrected chi connectivity index (χ4v) is 3.92. The first-order valence-corrected chi connectivity index (χ1v) is 8.83. The van der Waals surface area contributed by atoms with Crippen LogP contribution >= 0.6 is 11.6 Å². The minimum atomic E-state index is -3.51. The van der Waals surface area contributed by atoms with Crippen LogP contribution in [0.1, 0.15) is 39.0 Å². The van der Waals surface area contributed by atoms with Crippen LogP contribution in [0, 0.1) is 0 Å². The van der Waals surface area contributed by atoms with Crippen molar-refractivity contribution >= 4 is 21.6 Å². The highest BCUT2D eigenvalue weighted by atomic mass is 35.5. The Morgan fingerprint density at radius 1 is 1.30 bits per heavy atom. The zero-order valence-corrected chi connectivity index (χ0v) is 13.1. The number of ether oxygens (including phenoxy) is 1. The molecule has 0 saturated heterocycles. The molecule has 20 heavy (non-hydrogen) atoms. The van der Waals surface area contributed by atoms with Gasteiger partial charge in [0.15, 0.2) is 0 Å². The molecular formula is C14H20ClNO3S. The van der Waals surface area contributed by atoms with E-state index < -0.39 is 10.0 Å². The molecule has 0 unspecified atom stereocenters. The van der Waals surface area contributed by atoms with Crippen molar-refractivity contribution in [2.24, 2.45) is 0 Å². The molecule has 0 bridgehead atoms. The molecule has 1 saturated carbocycles. The Balaban J connectivity index is 2.17. The van der Waals surface area contributed by atoms with Crippen molar-refractivity contribution in [3.63, 3.8) is 0 Å². The maximum absolute atomic E-state index is 12.4. The highest BCUT2D eigenvalue weighted by Gasteiger charge is 2.22. The molecule has 2 rings (SSSR count). The maximum Gasteiger partial charge on any atom is 0.240 e. The monoisotopic (exact) mass is 317 g/mol. The molecule has 112 valence electrons. The third kappa shape index (κ3) is 3.87. The van der Waals surface area contributed by atoms with Crippen LogP contribution in [0.4, 0.5) is 0 Å². The van der Waals surface area contributed by atoms with Gasteiger partial charge in [-0.25, -0.2) is 13.1 Å². The van der Waals surface area contributed by atoms with E-state index in [0.717, 1.165) is 25.7 Å². The number of nitrogens with one attached hydrogen (secondary N) is 1. The standard InChI is InChI=1S/C14H20ClNO3S/c1-2-19-14-10-12(8-9-13(14)15)20(17,18)16-11-6-4-3-5-7-11/h8-11,16H,2-7H2,1H3. The number of hydrogen-bond donors (Lipinski definition) is 1. The molecule has 1 aliphatic carbocycles. The Bertz CT molecular complexity index is 554. The molecule has 1 N–H and O–H groups in total. The number of hydrogen-bond acceptors (Lipinski definition) is 3. The highest BCUT2D eigenvalue weighted by Crippen LogP contribution is 2.28. The van der Waals surface area contributed by atoms with Crippen molar-refractivity contribution < 1.29 is 13.2 Å². The molecule has 1 aromatic carbocycles. The summed E-state index contributed by atoms with van der Waals surface area (Å²) in [6, 6.07) is 4.59. The topological polar surface area (TPSA) is 55.4 Å². The summed E-state index contributed by atoms with van der Waals surface area (Å²) in [5, 5.41) is 0.420. The van der Waals surface area contributed by atoms with Crippen LogP contribution in [0.2, 0.25) is 5.02 Å². The summed E-state index contributed by atoms with van der Waals surface area (Å²) in [5.41, 5.74) is 0. The van der Waals surface area contributed by atoms with Crippen LogP contribution in [-0.4, -0.2) is 21.1 Å². The van der Waals surface area contributed by atoms with Crippen molar-refractivity contribution in [1.82, 2.24) is 4.72 Å². The quantitative estimate of drug-likeness (QED) is 0.906. The van der Waals surface area contributed by atoms with Gasteiger partial charge in [0.25, 0.3) is 0 Å². The van der Waals surface area contributed by atoms with Gasteiger partial charge in [0, 0.05) is 12.1 Å². The third-order valence-electron chi connectivity index (χ3n) is 3.44. The van der Waals surface area contributed by atoms with Crippen LogP contribution in [-0.2, 0) is 10.0 Å². The summed E-state index contributed by atoms with van der Waals surface area (Å²) < 4.78 is 32.8. The number of halogens is 1. The third-order valence-corrected chi connectivity index (χ3v) is 5.27. The molecule has 1 fully saturated rings. The average Bonchev–Trinajstić information content (AvgIpc) is 2.42. The van der Waals surface area contributed by atoms with Gasteiger partial charge in [-0.1, -0.05) is 30.9 Å². The van der Waals surface area contributed by atoms with Gasteiger partial charge < -0.3 is 4.74 Å². The van der Waals surface area contributed by atoms with E-state index in [4.69, 9.17) is 16.3 Å². The second kappa shape index (κ2) is 6.78. The van der Waals surface area contributed by atoms with Gasteiger partial charge in [-0.2, -0.15) is 0 Å². The molecular weight excluding hydrogens is 298 g/mol. The van der Waals surface area contributed by atoms with Crippen LogP contribution < -0.4 is 9.46 Å². The van der Waals surface area contributed by atoms with Crippen LogP contribution in [0.5, 0.6) is 5.75 Å². The largest absolute Gasteiger partial charge is 0.492 e. The van der Waals surface area contributed by atoms with Gasteiger partial charge in [-0.05, 0) is 31.9 Å². The zero-order valence-electron chi connectivity index (χ0n) is 11.6. The predicted molar refractivity (Wildman–Crippen MR) is 79.8 cm³/mol. The molecule has 0 atom stereocenters. The van der Waals surface area contributed by atoms with E-state index in [1.54, 1.807) is 6.07 Å². The Kier molecular flexibility index (Phi) is 5.29. The maximum atomic E-state index is 12.4. The molecule has 0 aromatic heterocycles. The van der Waals surface area contributed by atoms with E-state index in [2.05, 4.69) is 4.72 Å². The summed E-state index contributed by atoms with van der Waals surface area (Å²) in [7, 11) is -3.51. The van der Waals surface area contributed by atoms with Crippen molar-refractivity contribution in [1.29, 1.82) is 0 Å². The van der Waals surface area contributed by atoms with Gasteiger partial charge in [0.1, 0.15) is 5.75 Å². The van der Waals surface area contributed by atoms with Gasteiger partial charge >= 0.3 is 0 Å². The van der Waals surface area contributed by atoms with Gasteiger partial charge in [0.2, 0.25) is 10.0 Å². The van der Waals surface area contributed by atoms with Gasteiger partial charge in [-0.15, -0.1) is 0 Å². The van der Waals surface area contributed by atoms with Crippen LogP contribution in [0.15, 0.2) is 23.1 Å². The van der Waals surface area contributed by atoms with Crippen LogP contribution in [0.3, 0.4) is 0 Å². The molecule has 0 heterocycles. The molecule has 0 spiro atoms. The van der Waals surface area contributed by atoms with Crippen molar-refractivity contribution in [2.75, 3.05) is 6.61 Å². The minimum Gasteiger partial charge on any atom is -0.492 e. The van der Waals surface area contributed by atoms with E-state index >= 15 is 0 Å². The lowest BCUT2D eigenvalue weighted by Crippen LogP contribution is -2.36. The summed E-state index contributed by atoms with van der Waals surface area (Å²) >= 11 is 5.98. The smallest absolute Gasteiger partial charge is 0.240 e. The Hall–Kier alpha value is -0.780. The SMILES string of the molecule is CCOc1cc(S(=O)(=O)NC2CCCCC2)ccc1Cl. The Morgan fingerprint density at radius 2 is 2.00 bits per heavy atom. The van der Waals surface area contributed by atoms with E-state index in [-0.39, 0.29) is 10.9 Å². The second-order valence-corrected chi connectivity index (χ2v) is 7.10. The lowest BCUT2D eigenvalue weighted by atomic mass is 9.96. The molecule has 6 heteroatoms. The van der Waals surface area contributed by atoms with Crippen molar-refractivity contribution in [3.05, 3.63) is 23.2 Å². The van der Waals surface area contributed by atoms with Crippen molar-refractivity contribution in [2.45, 2.75) is 50.0 Å². The fourth-order valence-electron chi connectivity index (χ4n) is 2.42. The summed E-state index contributed by atoms with van der Waals surface area (Å²) in [6.45, 7) is 2.27. The van der Waals surface area contributed by atoms with E-state index in [9.17, 15) is 8.42 Å². The molecule has 0 amide bonds. The number of sulfonamides is 1. The normalized spacial score (nSPS) is 17.1. The first kappa shape index (κ1) is 15.6. The van der Waals surface area contributed by atoms with Crippen LogP contribution in [0.25, 0.3) is 0 Å². The second-order valence-electron chi connectivity index (χ2n) is 4.98. The Labute approximate surface area is 125 Å². The molecule has 0 aliphatic heterocycles. The Morgan fingerprint density at radius 3 is 2.65 bits per heavy atom. The van der Waals surface area contributed by atoms with E-state index in [1.807, 2.05) is 6.92 Å². The summed E-state index contributed by atoms with van der Waals surface area (Å²) in [6.07, 6.45) is 5.17. The predicted octanol–water partition coefficient (Wildman–Crippen LogP) is 3.35. The van der Waals surface area contributed by atoms with Gasteiger partial charge in [0.05, 0.1) is 16.5 Å². The van der Waals surface area contributed by atoms with Gasteiger partial charge in [-0.3, -0.25) is 0 Å². The molecule has 0 radical (unpaired) electrons. The first-order valence-electron chi connectivity index (χ1n) is 6.97. The minimum absolute atomic E-state index is 0.0416. The molecule has 1 aromatic rings. The average molecular weight is 318 g/mol. The van der Waals surface area contributed by atoms with E-state index in [1.165, 1.54) is 18.6 Å². The fraction of sp³-hybridized carbons (Fsp3) is 0.571. The number of rotatable bonds is 5.